The van der Waals surface area contributed by atoms with Gasteiger partial charge in [0.2, 0.25) is 0 Å². The van der Waals surface area contributed by atoms with Crippen LogP contribution in [0.4, 0.5) is 4.39 Å². The number of aromatic carboxylic acids is 1. The largest absolute Gasteiger partial charge is 0.478 e. The van der Waals surface area contributed by atoms with Crippen LogP contribution in [0.5, 0.6) is 0 Å². The van der Waals surface area contributed by atoms with Crippen LogP contribution in [0.3, 0.4) is 0 Å². The summed E-state index contributed by atoms with van der Waals surface area (Å²) in [4.78, 5) is 12.1. The maximum Gasteiger partial charge on any atom is 0.336 e. The Morgan fingerprint density at radius 1 is 1.15 bits per heavy atom. The number of carboxylic acids is 1. The van der Waals surface area contributed by atoms with Gasteiger partial charge in [-0.2, -0.15) is 0 Å². The third-order valence-electron chi connectivity index (χ3n) is 2.96. The molecule has 2 aromatic carbocycles. The molecule has 0 fully saturated rings. The van der Waals surface area contributed by atoms with E-state index in [9.17, 15) is 9.18 Å². The molecule has 2 nitrogen and oxygen atoms in total. The maximum atomic E-state index is 13.8. The summed E-state index contributed by atoms with van der Waals surface area (Å²) >= 11 is 1.13. The second-order valence-corrected chi connectivity index (χ2v) is 5.83. The van der Waals surface area contributed by atoms with E-state index in [4.69, 9.17) is 5.11 Å². The lowest BCUT2D eigenvalue weighted by Crippen LogP contribution is -2.00. The standard InChI is InChI=1S/C16H15FO2S/c1-10(2)11-6-8-12(9-7-11)20-15-13(16(18)19)4-3-5-14(15)17/h3-10H,1-2H3,(H,18,19). The van der Waals surface area contributed by atoms with Crippen LogP contribution in [0.25, 0.3) is 0 Å². The van der Waals surface area contributed by atoms with Gasteiger partial charge in [0.05, 0.1) is 10.5 Å². The first-order valence-corrected chi connectivity index (χ1v) is 7.10. The van der Waals surface area contributed by atoms with Crippen LogP contribution in [0.2, 0.25) is 0 Å². The summed E-state index contributed by atoms with van der Waals surface area (Å²) in [5.41, 5.74) is 1.18. The number of rotatable bonds is 4. The molecule has 104 valence electrons. The lowest BCUT2D eigenvalue weighted by molar-refractivity contribution is 0.0692. The van der Waals surface area contributed by atoms with Crippen molar-refractivity contribution in [3.8, 4) is 0 Å². The molecule has 0 radical (unpaired) electrons. The van der Waals surface area contributed by atoms with Crippen molar-refractivity contribution in [2.24, 2.45) is 0 Å². The molecule has 0 atom stereocenters. The fourth-order valence-electron chi connectivity index (χ4n) is 1.82. The molecule has 0 saturated carbocycles. The molecule has 20 heavy (non-hydrogen) atoms. The zero-order valence-electron chi connectivity index (χ0n) is 11.3. The Morgan fingerprint density at radius 3 is 2.35 bits per heavy atom. The number of carboxylic acid groups (broad SMARTS) is 1. The van der Waals surface area contributed by atoms with E-state index in [1.54, 1.807) is 0 Å². The monoisotopic (exact) mass is 290 g/mol. The lowest BCUT2D eigenvalue weighted by Gasteiger charge is -2.09. The highest BCUT2D eigenvalue weighted by Gasteiger charge is 2.15. The molecular weight excluding hydrogens is 275 g/mol. The van der Waals surface area contributed by atoms with Gasteiger partial charge in [0.25, 0.3) is 0 Å². The van der Waals surface area contributed by atoms with E-state index >= 15 is 0 Å². The van der Waals surface area contributed by atoms with Gasteiger partial charge in [-0.15, -0.1) is 0 Å². The normalized spacial score (nSPS) is 10.8. The van der Waals surface area contributed by atoms with Crippen LogP contribution in [-0.4, -0.2) is 11.1 Å². The summed E-state index contributed by atoms with van der Waals surface area (Å²) in [6.45, 7) is 4.20. The topological polar surface area (TPSA) is 37.3 Å². The SMILES string of the molecule is CC(C)c1ccc(Sc2c(F)cccc2C(=O)O)cc1. The summed E-state index contributed by atoms with van der Waals surface area (Å²) in [5.74, 6) is -1.20. The predicted octanol–water partition coefficient (Wildman–Crippen LogP) is 4.80. The number of benzene rings is 2. The highest BCUT2D eigenvalue weighted by atomic mass is 32.2. The van der Waals surface area contributed by atoms with Crippen molar-refractivity contribution in [3.05, 3.63) is 59.4 Å². The molecule has 0 saturated heterocycles. The van der Waals surface area contributed by atoms with E-state index in [1.807, 2.05) is 24.3 Å². The van der Waals surface area contributed by atoms with Crippen molar-refractivity contribution in [2.45, 2.75) is 29.6 Å². The third-order valence-corrected chi connectivity index (χ3v) is 4.09. The van der Waals surface area contributed by atoms with Crippen molar-refractivity contribution in [2.75, 3.05) is 0 Å². The predicted molar refractivity (Wildman–Crippen MR) is 78.0 cm³/mol. The van der Waals surface area contributed by atoms with Crippen LogP contribution in [0, 0.1) is 5.82 Å². The molecule has 2 aromatic rings. The Hall–Kier alpha value is -1.81. The van der Waals surface area contributed by atoms with Gasteiger partial charge in [0.15, 0.2) is 0 Å². The second-order valence-electron chi connectivity index (χ2n) is 4.75. The van der Waals surface area contributed by atoms with E-state index in [2.05, 4.69) is 13.8 Å². The smallest absolute Gasteiger partial charge is 0.336 e. The molecule has 0 aliphatic heterocycles. The van der Waals surface area contributed by atoms with Gasteiger partial charge >= 0.3 is 5.97 Å². The van der Waals surface area contributed by atoms with Gasteiger partial charge in [0, 0.05) is 4.90 Å². The number of hydrogen-bond donors (Lipinski definition) is 1. The van der Waals surface area contributed by atoms with Gasteiger partial charge in [-0.1, -0.05) is 43.8 Å². The van der Waals surface area contributed by atoms with Crippen molar-refractivity contribution < 1.29 is 14.3 Å². The van der Waals surface area contributed by atoms with E-state index in [-0.39, 0.29) is 10.5 Å². The van der Waals surface area contributed by atoms with E-state index in [0.717, 1.165) is 16.7 Å². The first-order chi connectivity index (χ1) is 9.49. The molecule has 0 amide bonds. The molecule has 0 aliphatic carbocycles. The molecule has 0 aliphatic rings. The van der Waals surface area contributed by atoms with Gasteiger partial charge in [-0.3, -0.25) is 0 Å². The minimum Gasteiger partial charge on any atom is -0.478 e. The van der Waals surface area contributed by atoms with Crippen LogP contribution < -0.4 is 0 Å². The molecule has 2 rings (SSSR count). The minimum atomic E-state index is -1.12. The summed E-state index contributed by atoms with van der Waals surface area (Å²) in [5, 5.41) is 9.11. The van der Waals surface area contributed by atoms with Gasteiger partial charge < -0.3 is 5.11 Å². The molecule has 0 spiro atoms. The van der Waals surface area contributed by atoms with Crippen molar-refractivity contribution in [1.82, 2.24) is 0 Å². The van der Waals surface area contributed by atoms with Crippen LogP contribution in [0.15, 0.2) is 52.3 Å². The fourth-order valence-corrected chi connectivity index (χ4v) is 2.76. The Kier molecular flexibility index (Phi) is 4.45. The second kappa shape index (κ2) is 6.09. The molecule has 0 aromatic heterocycles. The summed E-state index contributed by atoms with van der Waals surface area (Å²) in [6.07, 6.45) is 0. The first-order valence-electron chi connectivity index (χ1n) is 6.28. The van der Waals surface area contributed by atoms with Crippen molar-refractivity contribution >= 4 is 17.7 Å². The zero-order chi connectivity index (χ0) is 14.7. The van der Waals surface area contributed by atoms with Gasteiger partial charge in [-0.05, 0) is 35.7 Å². The average molecular weight is 290 g/mol. The van der Waals surface area contributed by atoms with Crippen molar-refractivity contribution in [1.29, 1.82) is 0 Å². The minimum absolute atomic E-state index is 0.0112. The maximum absolute atomic E-state index is 13.8. The summed E-state index contributed by atoms with van der Waals surface area (Å²) in [7, 11) is 0. The van der Waals surface area contributed by atoms with E-state index in [0.29, 0.717) is 5.92 Å². The van der Waals surface area contributed by atoms with Gasteiger partial charge in [0.1, 0.15) is 5.82 Å². The van der Waals surface area contributed by atoms with E-state index in [1.165, 1.54) is 23.8 Å². The van der Waals surface area contributed by atoms with E-state index < -0.39 is 11.8 Å². The van der Waals surface area contributed by atoms with Crippen LogP contribution in [0.1, 0.15) is 35.7 Å². The average Bonchev–Trinajstić information content (AvgIpc) is 2.41. The molecule has 1 N–H and O–H groups in total. The number of halogens is 1. The Bertz CT molecular complexity index is 621. The van der Waals surface area contributed by atoms with Crippen LogP contribution >= 0.6 is 11.8 Å². The first kappa shape index (κ1) is 14.6. The molecule has 0 heterocycles. The quantitative estimate of drug-likeness (QED) is 0.879. The Balaban J connectivity index is 2.32. The molecule has 4 heteroatoms. The highest BCUT2D eigenvalue weighted by molar-refractivity contribution is 7.99. The number of hydrogen-bond acceptors (Lipinski definition) is 2. The molecule has 0 unspecified atom stereocenters. The fraction of sp³-hybridized carbons (Fsp3) is 0.188. The zero-order valence-corrected chi connectivity index (χ0v) is 12.1. The van der Waals surface area contributed by atoms with Crippen molar-refractivity contribution in [3.63, 3.8) is 0 Å². The van der Waals surface area contributed by atoms with Gasteiger partial charge in [-0.25, -0.2) is 9.18 Å². The summed E-state index contributed by atoms with van der Waals surface area (Å²) in [6, 6.07) is 11.8. The Labute approximate surface area is 121 Å². The Morgan fingerprint density at radius 2 is 1.80 bits per heavy atom. The van der Waals surface area contributed by atoms with Crippen LogP contribution in [-0.2, 0) is 0 Å². The lowest BCUT2D eigenvalue weighted by atomic mass is 10.0. The molecular formula is C16H15FO2S. The highest BCUT2D eigenvalue weighted by Crippen LogP contribution is 2.33. The third kappa shape index (κ3) is 3.20. The number of carbonyl (C=O) groups is 1. The molecule has 0 bridgehead atoms. The summed E-state index contributed by atoms with van der Waals surface area (Å²) < 4.78 is 13.8.